The van der Waals surface area contributed by atoms with E-state index in [0.29, 0.717) is 29.2 Å². The zero-order valence-corrected chi connectivity index (χ0v) is 21.1. The fraction of sp³-hybridized carbons (Fsp3) is 0.500. The molecule has 9 heteroatoms. The summed E-state index contributed by atoms with van der Waals surface area (Å²) >= 11 is 1.43. The quantitative estimate of drug-likeness (QED) is 0.478. The van der Waals surface area contributed by atoms with Crippen LogP contribution in [-0.4, -0.2) is 44.3 Å². The van der Waals surface area contributed by atoms with Crippen LogP contribution in [0.15, 0.2) is 29.2 Å². The molecular weight excluding hydrogens is 460 g/mol. The Morgan fingerprint density at radius 2 is 1.67 bits per heavy atom. The highest BCUT2D eigenvalue weighted by Gasteiger charge is 2.28. The molecule has 2 aromatic rings. The molecule has 1 aliphatic rings. The highest BCUT2D eigenvalue weighted by molar-refractivity contribution is 7.89. The third-order valence-corrected chi connectivity index (χ3v) is 8.70. The van der Waals surface area contributed by atoms with Crippen LogP contribution in [0.4, 0.5) is 5.00 Å². The lowest BCUT2D eigenvalue weighted by molar-refractivity contribution is 0.0526. The van der Waals surface area contributed by atoms with Crippen molar-refractivity contribution in [2.45, 2.75) is 64.2 Å². The molecule has 33 heavy (non-hydrogen) atoms. The van der Waals surface area contributed by atoms with Crippen LogP contribution in [0.1, 0.15) is 77.6 Å². The second-order valence-corrected chi connectivity index (χ2v) is 11.1. The normalized spacial score (nSPS) is 13.6. The Labute approximate surface area is 200 Å². The van der Waals surface area contributed by atoms with Gasteiger partial charge in [-0.15, -0.1) is 11.3 Å². The number of aryl methyl sites for hydroxylation is 1. The standard InChI is InChI=1S/C24H32N2O5S2/c1-4-15-26(16-5-2)33(29,30)18-13-11-17(12-14-18)22(27)25-23-21(24(28)31-6-3)19-9-7-8-10-20(19)32-23/h11-14H,4-10,15-16H2,1-3H3,(H,25,27). The Bertz CT molecular complexity index is 1080. The number of carbonyl (C=O) groups is 2. The molecule has 0 saturated heterocycles. The van der Waals surface area contributed by atoms with Crippen LogP contribution in [0.25, 0.3) is 0 Å². The van der Waals surface area contributed by atoms with E-state index < -0.39 is 16.0 Å². The van der Waals surface area contributed by atoms with Gasteiger partial charge >= 0.3 is 5.97 Å². The first-order valence-corrected chi connectivity index (χ1v) is 13.8. The summed E-state index contributed by atoms with van der Waals surface area (Å²) in [6.45, 7) is 6.82. The number of amides is 1. The number of benzene rings is 1. The van der Waals surface area contributed by atoms with Crippen LogP contribution in [0.5, 0.6) is 0 Å². The molecule has 1 aromatic carbocycles. The molecule has 180 valence electrons. The van der Waals surface area contributed by atoms with Crippen molar-refractivity contribution in [2.24, 2.45) is 0 Å². The van der Waals surface area contributed by atoms with Crippen molar-refractivity contribution in [1.29, 1.82) is 0 Å². The maximum Gasteiger partial charge on any atom is 0.341 e. The van der Waals surface area contributed by atoms with Crippen LogP contribution in [-0.2, 0) is 27.6 Å². The van der Waals surface area contributed by atoms with Gasteiger partial charge in [-0.2, -0.15) is 4.31 Å². The number of esters is 1. The van der Waals surface area contributed by atoms with Gasteiger partial charge in [0.15, 0.2) is 0 Å². The molecule has 3 rings (SSSR count). The maximum atomic E-state index is 13.0. The molecule has 1 N–H and O–H groups in total. The SMILES string of the molecule is CCCN(CCC)S(=O)(=O)c1ccc(C(=O)Nc2sc3c(c2C(=O)OCC)CCCC3)cc1. The van der Waals surface area contributed by atoms with Crippen LogP contribution in [0.3, 0.4) is 0 Å². The Hall–Kier alpha value is -2.23. The van der Waals surface area contributed by atoms with Gasteiger partial charge in [-0.1, -0.05) is 13.8 Å². The molecule has 0 radical (unpaired) electrons. The van der Waals surface area contributed by atoms with Crippen molar-refractivity contribution in [1.82, 2.24) is 4.31 Å². The summed E-state index contributed by atoms with van der Waals surface area (Å²) in [7, 11) is -3.61. The molecule has 1 aliphatic carbocycles. The molecule has 0 spiro atoms. The van der Waals surface area contributed by atoms with Gasteiger partial charge in [0.2, 0.25) is 10.0 Å². The number of carbonyl (C=O) groups excluding carboxylic acids is 2. The summed E-state index contributed by atoms with van der Waals surface area (Å²) in [5.74, 6) is -0.803. The highest BCUT2D eigenvalue weighted by atomic mass is 32.2. The Morgan fingerprint density at radius 1 is 1.03 bits per heavy atom. The summed E-state index contributed by atoms with van der Waals surface area (Å²) in [6, 6.07) is 5.95. The van der Waals surface area contributed by atoms with Crippen molar-refractivity contribution in [3.8, 4) is 0 Å². The van der Waals surface area contributed by atoms with E-state index in [0.717, 1.165) is 49.0 Å². The van der Waals surface area contributed by atoms with Crippen LogP contribution < -0.4 is 5.32 Å². The number of ether oxygens (including phenoxy) is 1. The molecule has 1 amide bonds. The second-order valence-electron chi connectivity index (χ2n) is 8.02. The van der Waals surface area contributed by atoms with Crippen molar-refractivity contribution in [2.75, 3.05) is 25.0 Å². The fourth-order valence-electron chi connectivity index (χ4n) is 4.03. The number of nitrogens with zero attached hydrogens (tertiary/aromatic N) is 1. The van der Waals surface area contributed by atoms with Crippen molar-refractivity contribution >= 4 is 38.2 Å². The largest absolute Gasteiger partial charge is 0.462 e. The average Bonchev–Trinajstić information content (AvgIpc) is 3.17. The van der Waals surface area contributed by atoms with Gasteiger partial charge in [-0.25, -0.2) is 13.2 Å². The second kappa shape index (κ2) is 11.3. The van der Waals surface area contributed by atoms with Gasteiger partial charge in [0, 0.05) is 23.5 Å². The number of hydrogen-bond acceptors (Lipinski definition) is 6. The lowest BCUT2D eigenvalue weighted by atomic mass is 9.95. The van der Waals surface area contributed by atoms with E-state index in [2.05, 4.69) is 5.32 Å². The van der Waals surface area contributed by atoms with Crippen molar-refractivity contribution in [3.63, 3.8) is 0 Å². The first kappa shape index (κ1) is 25.4. The molecule has 1 heterocycles. The number of anilines is 1. The zero-order chi connectivity index (χ0) is 24.0. The molecule has 0 fully saturated rings. The van der Waals surface area contributed by atoms with E-state index >= 15 is 0 Å². The van der Waals surface area contributed by atoms with E-state index in [1.165, 1.54) is 39.9 Å². The minimum Gasteiger partial charge on any atom is -0.462 e. The smallest absolute Gasteiger partial charge is 0.341 e. The zero-order valence-electron chi connectivity index (χ0n) is 19.5. The summed E-state index contributed by atoms with van der Waals surface area (Å²) in [5, 5.41) is 3.36. The van der Waals surface area contributed by atoms with Crippen LogP contribution >= 0.6 is 11.3 Å². The van der Waals surface area contributed by atoms with Crippen molar-refractivity contribution in [3.05, 3.63) is 45.8 Å². The highest BCUT2D eigenvalue weighted by Crippen LogP contribution is 2.38. The minimum absolute atomic E-state index is 0.166. The molecule has 0 unspecified atom stereocenters. The summed E-state index contributed by atoms with van der Waals surface area (Å²) < 4.78 is 32.6. The first-order valence-electron chi connectivity index (χ1n) is 11.6. The molecule has 0 aliphatic heterocycles. The lowest BCUT2D eigenvalue weighted by Crippen LogP contribution is -2.32. The van der Waals surface area contributed by atoms with E-state index in [1.807, 2.05) is 13.8 Å². The maximum absolute atomic E-state index is 13.0. The van der Waals surface area contributed by atoms with Crippen LogP contribution in [0.2, 0.25) is 0 Å². The number of nitrogens with one attached hydrogen (secondary N) is 1. The number of thiophene rings is 1. The fourth-order valence-corrected chi connectivity index (χ4v) is 6.92. The van der Waals surface area contributed by atoms with E-state index in [1.54, 1.807) is 6.92 Å². The minimum atomic E-state index is -3.61. The third-order valence-electron chi connectivity index (χ3n) is 5.58. The van der Waals surface area contributed by atoms with Crippen LogP contribution in [0, 0.1) is 0 Å². The van der Waals surface area contributed by atoms with E-state index in [4.69, 9.17) is 4.74 Å². The van der Waals surface area contributed by atoms with E-state index in [-0.39, 0.29) is 17.4 Å². The lowest BCUT2D eigenvalue weighted by Gasteiger charge is -2.21. The Kier molecular flexibility index (Phi) is 8.67. The van der Waals surface area contributed by atoms with Gasteiger partial charge < -0.3 is 10.1 Å². The van der Waals surface area contributed by atoms with Gasteiger partial charge in [-0.3, -0.25) is 4.79 Å². The Balaban J connectivity index is 1.83. The summed E-state index contributed by atoms with van der Waals surface area (Å²) in [4.78, 5) is 26.8. The van der Waals surface area contributed by atoms with Gasteiger partial charge in [0.1, 0.15) is 5.00 Å². The van der Waals surface area contributed by atoms with Crippen molar-refractivity contribution < 1.29 is 22.7 Å². The molecule has 0 atom stereocenters. The molecule has 1 aromatic heterocycles. The number of fused-ring (bicyclic) bond motifs is 1. The summed E-state index contributed by atoms with van der Waals surface area (Å²) in [5.41, 5.74) is 1.76. The van der Waals surface area contributed by atoms with Gasteiger partial charge in [-0.05, 0) is 75.3 Å². The van der Waals surface area contributed by atoms with Gasteiger partial charge in [0.25, 0.3) is 5.91 Å². The monoisotopic (exact) mass is 492 g/mol. The molecular formula is C24H32N2O5S2. The van der Waals surface area contributed by atoms with Gasteiger partial charge in [0.05, 0.1) is 17.1 Å². The molecule has 0 saturated carbocycles. The first-order chi connectivity index (χ1) is 15.8. The molecule has 7 nitrogen and oxygen atoms in total. The van der Waals surface area contributed by atoms with E-state index in [9.17, 15) is 18.0 Å². The number of hydrogen-bond donors (Lipinski definition) is 1. The predicted molar refractivity (Wildman–Crippen MR) is 131 cm³/mol. The third kappa shape index (κ3) is 5.65. The Morgan fingerprint density at radius 3 is 2.27 bits per heavy atom. The average molecular weight is 493 g/mol. The number of sulfonamides is 1. The molecule has 0 bridgehead atoms. The predicted octanol–water partition coefficient (Wildman–Crippen LogP) is 4.87. The summed E-state index contributed by atoms with van der Waals surface area (Å²) in [6.07, 6.45) is 5.22. The number of rotatable bonds is 10. The topological polar surface area (TPSA) is 92.8 Å².